The molecule has 6 aromatic rings. The fourth-order valence-electron chi connectivity index (χ4n) is 14.5. The molecule has 0 spiro atoms. The number of nitrogens with zero attached hydrogens (tertiary/aromatic N) is 8. The van der Waals surface area contributed by atoms with E-state index in [2.05, 4.69) is 58.1 Å². The van der Waals surface area contributed by atoms with Crippen molar-refractivity contribution in [3.8, 4) is 45.0 Å². The molecular formula is C82H100N14O15S2. The van der Waals surface area contributed by atoms with E-state index >= 15 is 0 Å². The van der Waals surface area contributed by atoms with Gasteiger partial charge >= 0.3 is 18.2 Å². The molecule has 4 aliphatic heterocycles. The maximum Gasteiger partial charge on any atom is 0.407 e. The Hall–Kier alpha value is -10.7. The summed E-state index contributed by atoms with van der Waals surface area (Å²) in [7, 11) is -7.38. The van der Waals surface area contributed by atoms with Crippen LogP contribution in [0, 0.1) is 22.7 Å². The number of allylic oxidation sites excluding steroid dienone is 2. The van der Waals surface area contributed by atoms with Crippen LogP contribution in [0.3, 0.4) is 0 Å². The van der Waals surface area contributed by atoms with E-state index in [1.54, 1.807) is 15.7 Å². The number of hydrogen-bond acceptors (Lipinski definition) is 19. The molecule has 0 radical (unpaired) electrons. The first-order chi connectivity index (χ1) is 53.7. The van der Waals surface area contributed by atoms with E-state index in [4.69, 9.17) is 35.6 Å². The number of ether oxygens (including phenoxy) is 2. The highest BCUT2D eigenvalue weighted by molar-refractivity contribution is 7.91. The van der Waals surface area contributed by atoms with Crippen LogP contribution < -0.4 is 31.1 Å². The van der Waals surface area contributed by atoms with Gasteiger partial charge in [0, 0.05) is 60.0 Å². The van der Waals surface area contributed by atoms with Gasteiger partial charge < -0.3 is 46.1 Å². The molecule has 6 fully saturated rings. The van der Waals surface area contributed by atoms with E-state index in [-0.39, 0.29) is 51.5 Å². The Balaban J connectivity index is 0.000000181. The third-order valence-corrected chi connectivity index (χ3v) is 25.3. The molecule has 2 saturated heterocycles. The number of sulfonamides is 2. The summed E-state index contributed by atoms with van der Waals surface area (Å²) in [6.45, 7) is 18.7. The highest BCUT2D eigenvalue weighted by Crippen LogP contribution is 2.47. The number of carboxylic acids is 1. The van der Waals surface area contributed by atoms with Crippen LogP contribution >= 0.6 is 0 Å². The molecule has 4 aromatic carbocycles. The zero-order valence-corrected chi connectivity index (χ0v) is 66.0. The Morgan fingerprint density at radius 1 is 0.558 bits per heavy atom. The van der Waals surface area contributed by atoms with Gasteiger partial charge in [0.15, 0.2) is 0 Å². The van der Waals surface area contributed by atoms with Crippen LogP contribution in [0.4, 0.5) is 9.59 Å². The number of carbonyl (C=O) groups is 8. The molecule has 4 saturated carbocycles. The number of nitrogens with two attached hydrogens (primary N) is 1. The van der Waals surface area contributed by atoms with Gasteiger partial charge in [-0.25, -0.2) is 31.2 Å². The molecule has 10 atom stereocenters. The van der Waals surface area contributed by atoms with Gasteiger partial charge in [-0.1, -0.05) is 175 Å². The van der Waals surface area contributed by atoms with E-state index in [9.17, 15) is 60.3 Å². The number of aromatic nitrogens is 6. The third-order valence-electron chi connectivity index (χ3n) is 21.6. The average molecular weight is 1590 g/mol. The zero-order chi connectivity index (χ0) is 81.0. The second-order valence-electron chi connectivity index (χ2n) is 32.4. The maximum absolute atomic E-state index is 14.7. The fourth-order valence-corrected chi connectivity index (χ4v) is 17.2. The smallest absolute Gasteiger partial charge is 0.407 e. The van der Waals surface area contributed by atoms with E-state index in [0.717, 1.165) is 59.1 Å². The number of alkyl carbamates (subject to hydrolysis) is 2. The van der Waals surface area contributed by atoms with Crippen LogP contribution in [-0.2, 0) is 58.3 Å². The number of rotatable bonds is 13. The Bertz CT molecular complexity index is 4910. The Morgan fingerprint density at radius 3 is 1.36 bits per heavy atom. The molecule has 12 bridgehead atoms. The first-order valence-corrected chi connectivity index (χ1v) is 41.6. The Kier molecular flexibility index (Phi) is 24.3. The second-order valence-corrected chi connectivity index (χ2v) is 36.4. The van der Waals surface area contributed by atoms with Crippen molar-refractivity contribution in [2.24, 2.45) is 28.4 Å². The number of carboxylic acid groups (broad SMARTS) is 1. The first kappa shape index (κ1) is 81.8. The number of fused-ring (bicyclic) bond motifs is 16. The summed E-state index contributed by atoms with van der Waals surface area (Å²) in [5.74, 6) is -4.82. The average Bonchev–Trinajstić information content (AvgIpc) is 1.57. The summed E-state index contributed by atoms with van der Waals surface area (Å²) in [5.41, 5.74) is 9.67. The molecule has 600 valence electrons. The molecule has 29 nitrogen and oxygen atoms in total. The molecule has 4 aliphatic carbocycles. The number of nitrogens with one attached hydrogen (secondary N) is 5. The van der Waals surface area contributed by atoms with Crippen LogP contribution in [0.15, 0.2) is 147 Å². The van der Waals surface area contributed by atoms with Gasteiger partial charge in [-0.15, -0.1) is 13.2 Å². The van der Waals surface area contributed by atoms with E-state index < -0.39 is 142 Å². The van der Waals surface area contributed by atoms with Crippen LogP contribution in [0.5, 0.6) is 0 Å². The first-order valence-electron chi connectivity index (χ1n) is 38.5. The summed E-state index contributed by atoms with van der Waals surface area (Å²) in [6, 6.07) is 30.0. The molecule has 113 heavy (non-hydrogen) atoms. The Morgan fingerprint density at radius 2 is 0.965 bits per heavy atom. The number of amides is 7. The van der Waals surface area contributed by atoms with Gasteiger partial charge in [-0.2, -0.15) is 30.0 Å². The van der Waals surface area contributed by atoms with Crippen molar-refractivity contribution < 1.29 is 69.8 Å². The van der Waals surface area contributed by atoms with Crippen molar-refractivity contribution in [1.82, 2.24) is 65.2 Å². The van der Waals surface area contributed by atoms with Crippen LogP contribution in [0.1, 0.15) is 155 Å². The van der Waals surface area contributed by atoms with Crippen LogP contribution in [-0.4, -0.2) is 181 Å². The molecule has 14 rings (SSSR count). The van der Waals surface area contributed by atoms with Crippen molar-refractivity contribution in [2.45, 2.75) is 189 Å². The number of hydrogen-bond donors (Lipinski definition) is 7. The lowest BCUT2D eigenvalue weighted by atomic mass is 9.85. The van der Waals surface area contributed by atoms with Crippen molar-refractivity contribution in [1.29, 1.82) is 0 Å². The third kappa shape index (κ3) is 19.2. The highest BCUT2D eigenvalue weighted by atomic mass is 32.2. The van der Waals surface area contributed by atoms with E-state index in [0.29, 0.717) is 67.7 Å². The molecule has 6 heterocycles. The summed E-state index contributed by atoms with van der Waals surface area (Å²) in [4.78, 5) is 112. The standard InChI is InChI=1S/C41H49N7O7S.C32H37N5O5.C9H14N2O3S/c1-5-29-24-41(29,38(51)46-56(53,54)31-19-20-31)43-36(49)32-23-30-25-47(32)37(50)35(40(2,3)4)42-39(52)55-21-12-7-6-9-14-26-15-13-18-28(22-26)34-33(44-48(30)45-34)27-16-10-8-11-17-27;1-32(2,3)28-29(38)36-20-24(19-25(36)30(39)40)37-34-26(22-14-8-6-9-15-22)27(35-37)23-16-11-13-21(18-23)12-7-4-5-10-17-42-31(41)33-28;1-2-6-5-9(6,10)8(12)11-15(13,14)7-3-4-7/h5,8-11,13-18,22,29-32,35H,1,6-7,12,19-21,23-25H2,2-4H3,(H,42,52)(H,43,49)(H,46,51);6-9,11-16,18,24-25,28H,4-5,10,17,19-20H2,1-3H3,(H,33,41)(H,39,40);2,6-7H,1,3-5,10H2,(H,11,12)/b14-9+;12-7+;/t29-,30-,32+,35-,41-;24-,25+,28-;6-,9-/m111/s1. The van der Waals surface area contributed by atoms with Gasteiger partial charge in [0.1, 0.15) is 58.0 Å². The largest absolute Gasteiger partial charge is 0.480 e. The summed E-state index contributed by atoms with van der Waals surface area (Å²) >= 11 is 0. The normalized spacial score (nSPS) is 26.0. The van der Waals surface area contributed by atoms with Gasteiger partial charge in [0.25, 0.3) is 11.8 Å². The van der Waals surface area contributed by atoms with Crippen molar-refractivity contribution >= 4 is 79.9 Å². The maximum atomic E-state index is 14.7. The summed E-state index contributed by atoms with van der Waals surface area (Å²) < 4.78 is 63.6. The van der Waals surface area contributed by atoms with Crippen molar-refractivity contribution in [3.63, 3.8) is 0 Å². The zero-order valence-electron chi connectivity index (χ0n) is 64.4. The van der Waals surface area contributed by atoms with Gasteiger partial charge in [0.05, 0.1) is 35.8 Å². The quantitative estimate of drug-likeness (QED) is 0.0529. The van der Waals surface area contributed by atoms with Gasteiger partial charge in [-0.05, 0) is 111 Å². The molecule has 8 aliphatic rings. The molecular weight excluding hydrogens is 1490 g/mol. The van der Waals surface area contributed by atoms with Crippen molar-refractivity contribution in [3.05, 3.63) is 158 Å². The SMILES string of the molecule is C=C[C@@H]1C[C@]1(N)C(=O)NS(=O)(=O)C1CC1.C=C[C@@H]1C[C@]1(NC(=O)[C@@H]1C[C@@H]2CN1C(=O)[C@H](C(C)(C)C)NC(=O)OCCCC/C=C/c1cccc(c1)-c1nn2nc1-c1ccccc1)C(=O)NS(=O)(=O)C1CC1.CC(C)(C)[C@@H]1NC(=O)OCCCC/C=C/c2cccc(c2)-c2nn(nc2-c2ccccc2)[C@@H]2C[C@@H](C(=O)O)N(C2)C1=O. The monoisotopic (exact) mass is 1580 g/mol. The van der Waals surface area contributed by atoms with Gasteiger partial charge in [-0.3, -0.25) is 33.4 Å². The lowest BCUT2D eigenvalue weighted by Gasteiger charge is -2.35. The Labute approximate surface area is 658 Å². The molecule has 2 aromatic heterocycles. The second kappa shape index (κ2) is 33.6. The van der Waals surface area contributed by atoms with Crippen molar-refractivity contribution in [2.75, 3.05) is 26.3 Å². The predicted molar refractivity (Wildman–Crippen MR) is 424 cm³/mol. The fraction of sp³-hybridized carbons (Fsp3) is 0.463. The minimum absolute atomic E-state index is 0.00545. The lowest BCUT2D eigenvalue weighted by Crippen LogP contribution is -2.60. The molecule has 7 amide bonds. The topological polar surface area (TPSA) is 398 Å². The summed E-state index contributed by atoms with van der Waals surface area (Å²) in [5, 5.41) is 37.1. The van der Waals surface area contributed by atoms with E-state index in [1.165, 1.54) is 15.9 Å². The number of carbonyl (C=O) groups excluding carboxylic acids is 7. The molecule has 8 N–H and O–H groups in total. The lowest BCUT2D eigenvalue weighted by molar-refractivity contribution is -0.150. The molecule has 31 heteroatoms. The minimum atomic E-state index is -3.91. The van der Waals surface area contributed by atoms with E-state index in [1.807, 2.05) is 155 Å². The number of benzene rings is 4. The molecule has 0 unspecified atom stereocenters. The number of aliphatic carboxylic acids is 1. The minimum Gasteiger partial charge on any atom is -0.480 e. The predicted octanol–water partition coefficient (Wildman–Crippen LogP) is 9.44. The summed E-state index contributed by atoms with van der Waals surface area (Å²) in [6.07, 6.45) is 17.4. The van der Waals surface area contributed by atoms with Crippen LogP contribution in [0.2, 0.25) is 0 Å². The number of cyclic esters (lactones) is 2. The van der Waals surface area contributed by atoms with Crippen LogP contribution in [0.25, 0.3) is 57.2 Å². The van der Waals surface area contributed by atoms with Gasteiger partial charge in [0.2, 0.25) is 37.8 Å². The highest BCUT2D eigenvalue weighted by Gasteiger charge is 2.62.